The van der Waals surface area contributed by atoms with E-state index in [2.05, 4.69) is 25.9 Å². The van der Waals surface area contributed by atoms with Gasteiger partial charge in [0, 0.05) is 19.4 Å². The Labute approximate surface area is 168 Å². The molecule has 0 atom stereocenters. The molecule has 0 aliphatic heterocycles. The van der Waals surface area contributed by atoms with E-state index in [9.17, 15) is 4.79 Å². The molecule has 0 aliphatic rings. The van der Waals surface area contributed by atoms with Gasteiger partial charge < -0.3 is 15.1 Å². The molecule has 0 radical (unpaired) electrons. The Kier molecular flexibility index (Phi) is 5.51. The van der Waals surface area contributed by atoms with E-state index in [1.54, 1.807) is 10.8 Å². The van der Waals surface area contributed by atoms with Gasteiger partial charge in [-0.1, -0.05) is 29.8 Å². The SMILES string of the molecule is Cc1ccc(CNC(=O)CCc2nnc3ccc(NCc4ccco4)nn23)cc1. The molecule has 0 aliphatic carbocycles. The highest BCUT2D eigenvalue weighted by atomic mass is 16.3. The third kappa shape index (κ3) is 4.78. The highest BCUT2D eigenvalue weighted by Crippen LogP contribution is 2.11. The molecule has 1 aromatic carbocycles. The van der Waals surface area contributed by atoms with E-state index in [0.717, 1.165) is 11.3 Å². The van der Waals surface area contributed by atoms with Gasteiger partial charge in [0.1, 0.15) is 11.6 Å². The van der Waals surface area contributed by atoms with Gasteiger partial charge in [-0.3, -0.25) is 4.79 Å². The zero-order valence-corrected chi connectivity index (χ0v) is 16.1. The lowest BCUT2D eigenvalue weighted by Gasteiger charge is -2.06. The van der Waals surface area contributed by atoms with Crippen LogP contribution in [-0.4, -0.2) is 25.7 Å². The van der Waals surface area contributed by atoms with E-state index in [0.29, 0.717) is 43.2 Å². The van der Waals surface area contributed by atoms with Gasteiger partial charge in [0.2, 0.25) is 5.91 Å². The van der Waals surface area contributed by atoms with Crippen LogP contribution in [0.25, 0.3) is 5.65 Å². The van der Waals surface area contributed by atoms with Crippen LogP contribution in [0, 0.1) is 6.92 Å². The summed E-state index contributed by atoms with van der Waals surface area (Å²) in [5.74, 6) is 2.11. The molecule has 0 unspecified atom stereocenters. The van der Waals surface area contributed by atoms with Crippen molar-refractivity contribution < 1.29 is 9.21 Å². The molecule has 0 spiro atoms. The van der Waals surface area contributed by atoms with Crippen LogP contribution in [0.15, 0.2) is 59.2 Å². The predicted octanol–water partition coefficient (Wildman–Crippen LogP) is 2.89. The molecule has 8 heteroatoms. The monoisotopic (exact) mass is 390 g/mol. The predicted molar refractivity (Wildman–Crippen MR) is 108 cm³/mol. The van der Waals surface area contributed by atoms with E-state index >= 15 is 0 Å². The molecule has 4 rings (SSSR count). The quantitative estimate of drug-likeness (QED) is 0.480. The number of anilines is 1. The number of rotatable bonds is 8. The summed E-state index contributed by atoms with van der Waals surface area (Å²) in [5, 5.41) is 19.0. The van der Waals surface area contributed by atoms with Crippen molar-refractivity contribution in [3.05, 3.63) is 77.5 Å². The molecular weight excluding hydrogens is 368 g/mol. The summed E-state index contributed by atoms with van der Waals surface area (Å²) >= 11 is 0. The Hall–Kier alpha value is -3.68. The Morgan fingerprint density at radius 1 is 1.07 bits per heavy atom. The van der Waals surface area contributed by atoms with Crippen molar-refractivity contribution in [3.63, 3.8) is 0 Å². The van der Waals surface area contributed by atoms with Crippen LogP contribution >= 0.6 is 0 Å². The standard InChI is InChI=1S/C21H22N6O2/c1-15-4-6-16(7-5-15)13-23-21(28)11-10-20-25-24-19-9-8-18(26-27(19)20)22-14-17-3-2-12-29-17/h2-9,12H,10-11,13-14H2,1H3,(H,22,26)(H,23,28). The summed E-state index contributed by atoms with van der Waals surface area (Å²) in [7, 11) is 0. The van der Waals surface area contributed by atoms with E-state index in [1.807, 2.05) is 55.5 Å². The third-order valence-corrected chi connectivity index (χ3v) is 4.54. The van der Waals surface area contributed by atoms with Crippen molar-refractivity contribution >= 4 is 17.4 Å². The average Bonchev–Trinajstić information content (AvgIpc) is 3.40. The van der Waals surface area contributed by atoms with Gasteiger partial charge in [-0.25, -0.2) is 0 Å². The van der Waals surface area contributed by atoms with Gasteiger partial charge in [0.25, 0.3) is 0 Å². The van der Waals surface area contributed by atoms with Crippen LogP contribution in [0.2, 0.25) is 0 Å². The van der Waals surface area contributed by atoms with Crippen molar-refractivity contribution in [1.29, 1.82) is 0 Å². The van der Waals surface area contributed by atoms with Gasteiger partial charge in [-0.05, 0) is 36.8 Å². The van der Waals surface area contributed by atoms with E-state index in [4.69, 9.17) is 4.42 Å². The maximum Gasteiger partial charge on any atom is 0.220 e. The molecule has 148 valence electrons. The molecule has 0 saturated heterocycles. The number of aromatic nitrogens is 4. The topological polar surface area (TPSA) is 97.3 Å². The summed E-state index contributed by atoms with van der Waals surface area (Å²) in [6, 6.07) is 15.5. The highest BCUT2D eigenvalue weighted by Gasteiger charge is 2.10. The molecule has 4 aromatic rings. The number of nitrogens with one attached hydrogen (secondary N) is 2. The van der Waals surface area contributed by atoms with Crippen LogP contribution in [-0.2, 0) is 24.3 Å². The number of aryl methyl sites for hydroxylation is 2. The fraction of sp³-hybridized carbons (Fsp3) is 0.238. The number of carbonyl (C=O) groups excluding carboxylic acids is 1. The average molecular weight is 390 g/mol. The number of benzene rings is 1. The lowest BCUT2D eigenvalue weighted by atomic mass is 10.1. The number of fused-ring (bicyclic) bond motifs is 1. The van der Waals surface area contributed by atoms with Crippen molar-refractivity contribution in [1.82, 2.24) is 25.1 Å². The molecule has 3 heterocycles. The van der Waals surface area contributed by atoms with Crippen LogP contribution in [0.5, 0.6) is 0 Å². The number of nitrogens with zero attached hydrogens (tertiary/aromatic N) is 4. The Morgan fingerprint density at radius 3 is 2.72 bits per heavy atom. The third-order valence-electron chi connectivity index (χ3n) is 4.54. The molecule has 1 amide bonds. The van der Waals surface area contributed by atoms with Gasteiger partial charge in [0.15, 0.2) is 11.5 Å². The molecular formula is C21H22N6O2. The minimum atomic E-state index is -0.0329. The first kappa shape index (κ1) is 18.7. The molecule has 8 nitrogen and oxygen atoms in total. The Morgan fingerprint density at radius 2 is 1.93 bits per heavy atom. The molecule has 0 saturated carbocycles. The second kappa shape index (κ2) is 8.55. The van der Waals surface area contributed by atoms with Crippen molar-refractivity contribution in [2.24, 2.45) is 0 Å². The van der Waals surface area contributed by atoms with Gasteiger partial charge in [0.05, 0.1) is 12.8 Å². The largest absolute Gasteiger partial charge is 0.467 e. The number of amides is 1. The van der Waals surface area contributed by atoms with Crippen molar-refractivity contribution in [2.75, 3.05) is 5.32 Å². The number of furan rings is 1. The van der Waals surface area contributed by atoms with Gasteiger partial charge in [-0.2, -0.15) is 4.52 Å². The van der Waals surface area contributed by atoms with E-state index in [1.165, 1.54) is 5.56 Å². The second-order valence-corrected chi connectivity index (χ2v) is 6.80. The summed E-state index contributed by atoms with van der Waals surface area (Å²) in [6.07, 6.45) is 2.41. The Balaban J connectivity index is 1.34. The normalized spacial score (nSPS) is 10.9. The summed E-state index contributed by atoms with van der Waals surface area (Å²) in [5.41, 5.74) is 2.92. The first-order valence-electron chi connectivity index (χ1n) is 9.47. The van der Waals surface area contributed by atoms with Crippen LogP contribution < -0.4 is 10.6 Å². The van der Waals surface area contributed by atoms with Gasteiger partial charge >= 0.3 is 0 Å². The molecule has 0 bridgehead atoms. The number of hydrogen-bond donors (Lipinski definition) is 2. The van der Waals surface area contributed by atoms with E-state index < -0.39 is 0 Å². The molecule has 0 fully saturated rings. The zero-order valence-electron chi connectivity index (χ0n) is 16.1. The molecule has 3 aromatic heterocycles. The molecule has 2 N–H and O–H groups in total. The first-order valence-corrected chi connectivity index (χ1v) is 9.47. The summed E-state index contributed by atoms with van der Waals surface area (Å²) < 4.78 is 6.98. The highest BCUT2D eigenvalue weighted by molar-refractivity contribution is 5.76. The van der Waals surface area contributed by atoms with Crippen molar-refractivity contribution in [2.45, 2.75) is 32.9 Å². The number of hydrogen-bond acceptors (Lipinski definition) is 6. The fourth-order valence-electron chi connectivity index (χ4n) is 2.89. The fourth-order valence-corrected chi connectivity index (χ4v) is 2.89. The van der Waals surface area contributed by atoms with Crippen LogP contribution in [0.3, 0.4) is 0 Å². The Bertz CT molecular complexity index is 1090. The van der Waals surface area contributed by atoms with Crippen molar-refractivity contribution in [3.8, 4) is 0 Å². The lowest BCUT2D eigenvalue weighted by Crippen LogP contribution is -2.23. The zero-order chi connectivity index (χ0) is 20.1. The summed E-state index contributed by atoms with van der Waals surface area (Å²) in [4.78, 5) is 12.2. The molecule has 29 heavy (non-hydrogen) atoms. The minimum absolute atomic E-state index is 0.0329. The summed E-state index contributed by atoms with van der Waals surface area (Å²) in [6.45, 7) is 3.08. The lowest BCUT2D eigenvalue weighted by molar-refractivity contribution is -0.121. The first-order chi connectivity index (χ1) is 14.2. The van der Waals surface area contributed by atoms with E-state index in [-0.39, 0.29) is 5.91 Å². The smallest absolute Gasteiger partial charge is 0.220 e. The number of carbonyl (C=O) groups is 1. The van der Waals surface area contributed by atoms with Crippen LogP contribution in [0.4, 0.5) is 5.82 Å². The second-order valence-electron chi connectivity index (χ2n) is 6.80. The maximum absolute atomic E-state index is 12.2. The van der Waals surface area contributed by atoms with Gasteiger partial charge in [-0.15, -0.1) is 15.3 Å². The minimum Gasteiger partial charge on any atom is -0.467 e. The maximum atomic E-state index is 12.2. The van der Waals surface area contributed by atoms with Crippen LogP contribution in [0.1, 0.15) is 29.1 Å².